The van der Waals surface area contributed by atoms with E-state index in [1.165, 1.54) is 22.4 Å². The van der Waals surface area contributed by atoms with Gasteiger partial charge in [0.25, 0.3) is 11.8 Å². The van der Waals surface area contributed by atoms with Crippen molar-refractivity contribution in [2.45, 2.75) is 95.3 Å². The van der Waals surface area contributed by atoms with E-state index in [-0.39, 0.29) is 30.2 Å². The minimum Gasteiger partial charge on any atom is -0.372 e. The molecule has 2 saturated heterocycles. The molecule has 2 aromatic carbocycles. The fraction of sp³-hybridized carbons (Fsp3) is 0.455. The van der Waals surface area contributed by atoms with E-state index >= 15 is 0 Å². The molecule has 56 heavy (non-hydrogen) atoms. The van der Waals surface area contributed by atoms with E-state index in [0.29, 0.717) is 51.8 Å². The highest BCUT2D eigenvalue weighted by atomic mass is 35.5. The van der Waals surface area contributed by atoms with Gasteiger partial charge in [-0.25, -0.2) is 0 Å². The number of imide groups is 1. The Balaban J connectivity index is 0.763. The Hall–Kier alpha value is -5.05. The maximum absolute atomic E-state index is 13.5. The van der Waals surface area contributed by atoms with E-state index in [9.17, 15) is 24.4 Å². The fourth-order valence-corrected chi connectivity index (χ4v) is 9.86. The summed E-state index contributed by atoms with van der Waals surface area (Å²) in [6.07, 6.45) is 11.4. The van der Waals surface area contributed by atoms with Crippen LogP contribution in [-0.2, 0) is 29.0 Å². The number of hydrogen-bond donors (Lipinski definition) is 2. The van der Waals surface area contributed by atoms with Crippen molar-refractivity contribution in [2.75, 3.05) is 25.0 Å². The van der Waals surface area contributed by atoms with Crippen molar-refractivity contribution in [3.8, 4) is 6.07 Å². The summed E-state index contributed by atoms with van der Waals surface area (Å²) in [5, 5.41) is 15.2. The average Bonchev–Trinajstić information content (AvgIpc) is 3.70. The third kappa shape index (κ3) is 7.69. The van der Waals surface area contributed by atoms with E-state index < -0.39 is 11.9 Å². The molecule has 1 saturated carbocycles. The monoisotopic (exact) mass is 773 g/mol. The Morgan fingerprint density at radius 3 is 2.38 bits per heavy atom. The van der Waals surface area contributed by atoms with E-state index in [1.807, 2.05) is 36.5 Å². The van der Waals surface area contributed by atoms with E-state index in [1.54, 1.807) is 6.07 Å². The lowest BCUT2D eigenvalue weighted by Crippen LogP contribution is -2.52. The van der Waals surface area contributed by atoms with Gasteiger partial charge in [0.05, 0.1) is 10.6 Å². The highest BCUT2D eigenvalue weighted by Crippen LogP contribution is 2.41. The van der Waals surface area contributed by atoms with Gasteiger partial charge >= 0.3 is 0 Å². The molecular formula is C44H48ClN7O4. The van der Waals surface area contributed by atoms with Gasteiger partial charge in [0, 0.05) is 60.8 Å². The number of nitrogens with zero attached hydrogens (tertiary/aromatic N) is 5. The summed E-state index contributed by atoms with van der Waals surface area (Å²) >= 11 is 6.27. The number of fused-ring (bicyclic) bond motifs is 2. The van der Waals surface area contributed by atoms with E-state index in [4.69, 9.17) is 11.6 Å². The van der Waals surface area contributed by atoms with Crippen LogP contribution in [0.4, 0.5) is 5.69 Å². The predicted molar refractivity (Wildman–Crippen MR) is 214 cm³/mol. The maximum atomic E-state index is 13.5. The molecule has 4 heterocycles. The first kappa shape index (κ1) is 37.9. The van der Waals surface area contributed by atoms with Crippen molar-refractivity contribution in [1.82, 2.24) is 25.4 Å². The lowest BCUT2D eigenvalue weighted by atomic mass is 9.86. The van der Waals surface area contributed by atoms with Crippen LogP contribution in [-0.4, -0.2) is 76.7 Å². The quantitative estimate of drug-likeness (QED) is 0.252. The molecule has 2 unspecified atom stereocenters. The minimum absolute atomic E-state index is 0.112. The second-order valence-corrected chi connectivity index (χ2v) is 16.8. The number of piperidine rings is 2. The number of nitrogens with one attached hydrogen (secondary N) is 2. The minimum atomic E-state index is -0.699. The number of carbonyl (C=O) groups excluding carboxylic acids is 4. The highest BCUT2D eigenvalue weighted by molar-refractivity contribution is 6.32. The van der Waals surface area contributed by atoms with Crippen LogP contribution in [0.25, 0.3) is 5.70 Å². The van der Waals surface area contributed by atoms with Crippen molar-refractivity contribution in [3.63, 3.8) is 0 Å². The first-order valence-electron chi connectivity index (χ1n) is 20.0. The number of carbonyl (C=O) groups is 4. The molecule has 3 aliphatic heterocycles. The second kappa shape index (κ2) is 15.8. The van der Waals surface area contributed by atoms with Gasteiger partial charge in [-0.15, -0.1) is 0 Å². The molecule has 0 bridgehead atoms. The van der Waals surface area contributed by atoms with Gasteiger partial charge in [0.2, 0.25) is 11.8 Å². The number of nitriles is 1. The van der Waals surface area contributed by atoms with Crippen LogP contribution in [0.2, 0.25) is 5.02 Å². The molecule has 3 aromatic rings. The molecular weight excluding hydrogens is 726 g/mol. The highest BCUT2D eigenvalue weighted by Gasteiger charge is 2.42. The van der Waals surface area contributed by atoms with Crippen LogP contribution in [0.1, 0.15) is 106 Å². The van der Waals surface area contributed by atoms with Crippen LogP contribution in [0.15, 0.2) is 55.2 Å². The molecule has 12 heteroatoms. The summed E-state index contributed by atoms with van der Waals surface area (Å²) in [5.74, 6) is 0.152. The standard InChI is InChI=1S/C44H48ClN7O4/c1-26-36-20-31-18-29(19-32(31)21-37(36)44(56)52(26)40-11-12-41(53)49-43(40)55)17-27-13-15-51(16-14-27)25-28-3-10-39(47-24-28)42(54)48-33-5-8-34(9-6-33)50(2)35-7-4-30(23-46)38(45)22-35/h3-4,7,10,20-22,24,27,29,33-34,40H,1,5-6,8-9,11-19,25H2,2H3,(H,48,54)(H,49,53,55)/t29?,33-,34-,40?. The van der Waals surface area contributed by atoms with Crippen LogP contribution >= 0.6 is 11.6 Å². The normalized spacial score (nSPS) is 24.1. The first-order chi connectivity index (χ1) is 27.0. The lowest BCUT2D eigenvalue weighted by molar-refractivity contribution is -0.136. The van der Waals surface area contributed by atoms with Gasteiger partial charge in [0.15, 0.2) is 0 Å². The van der Waals surface area contributed by atoms with Gasteiger partial charge in [-0.2, -0.15) is 5.26 Å². The topological polar surface area (TPSA) is 139 Å². The molecule has 4 amide bonds. The number of rotatable bonds is 9. The van der Waals surface area contributed by atoms with Crippen molar-refractivity contribution in [1.29, 1.82) is 5.26 Å². The van der Waals surface area contributed by atoms with Gasteiger partial charge < -0.3 is 10.2 Å². The van der Waals surface area contributed by atoms with Crippen LogP contribution in [0.5, 0.6) is 0 Å². The lowest BCUT2D eigenvalue weighted by Gasteiger charge is -2.36. The molecule has 11 nitrogen and oxygen atoms in total. The van der Waals surface area contributed by atoms with Crippen molar-refractivity contribution < 1.29 is 19.2 Å². The Labute approximate surface area is 333 Å². The fourth-order valence-electron chi connectivity index (χ4n) is 9.64. The summed E-state index contributed by atoms with van der Waals surface area (Å²) in [4.78, 5) is 61.5. The largest absolute Gasteiger partial charge is 0.372 e. The number of amides is 4. The molecule has 5 aliphatic rings. The Kier molecular flexibility index (Phi) is 10.7. The molecule has 290 valence electrons. The summed E-state index contributed by atoms with van der Waals surface area (Å²) in [6.45, 7) is 7.06. The molecule has 2 N–H and O–H groups in total. The first-order valence-corrected chi connectivity index (χ1v) is 20.3. The van der Waals surface area contributed by atoms with Gasteiger partial charge in [-0.05, 0) is 142 Å². The Bertz CT molecular complexity index is 2070. The number of anilines is 1. The van der Waals surface area contributed by atoms with Crippen LogP contribution < -0.4 is 15.5 Å². The smallest absolute Gasteiger partial charge is 0.270 e. The number of hydrogen-bond acceptors (Lipinski definition) is 8. The average molecular weight is 774 g/mol. The third-order valence-electron chi connectivity index (χ3n) is 12.8. The summed E-state index contributed by atoms with van der Waals surface area (Å²) in [6, 6.07) is 15.4. The number of aromatic nitrogens is 1. The van der Waals surface area contributed by atoms with Crippen LogP contribution in [0, 0.1) is 23.2 Å². The number of likely N-dealkylation sites (tertiary alicyclic amines) is 1. The molecule has 2 atom stereocenters. The predicted octanol–water partition coefficient (Wildman–Crippen LogP) is 6.03. The summed E-state index contributed by atoms with van der Waals surface area (Å²) < 4.78 is 0. The second-order valence-electron chi connectivity index (χ2n) is 16.4. The van der Waals surface area contributed by atoms with Crippen molar-refractivity contribution in [2.24, 2.45) is 11.8 Å². The van der Waals surface area contributed by atoms with Crippen molar-refractivity contribution in [3.05, 3.63) is 99.3 Å². The summed E-state index contributed by atoms with van der Waals surface area (Å²) in [7, 11) is 2.06. The zero-order chi connectivity index (χ0) is 39.1. The molecule has 0 radical (unpaired) electrons. The zero-order valence-corrected chi connectivity index (χ0v) is 32.6. The number of benzene rings is 2. The molecule has 1 aromatic heterocycles. The molecule has 3 fully saturated rings. The van der Waals surface area contributed by atoms with Crippen molar-refractivity contribution >= 4 is 46.6 Å². The molecule has 2 aliphatic carbocycles. The summed E-state index contributed by atoms with van der Waals surface area (Å²) in [5.41, 5.74) is 7.51. The maximum Gasteiger partial charge on any atom is 0.270 e. The molecule has 0 spiro atoms. The van der Waals surface area contributed by atoms with Gasteiger partial charge in [-0.1, -0.05) is 24.2 Å². The Morgan fingerprint density at radius 1 is 0.982 bits per heavy atom. The Morgan fingerprint density at radius 2 is 1.71 bits per heavy atom. The SMILES string of the molecule is C=C1c2cc3c(cc2C(=O)N1C1CCC(=O)NC1=O)CC(CC1CCN(Cc2ccc(C(=O)N[C@H]4CC[C@H](N(C)c5ccc(C#N)c(Cl)c5)CC4)nc2)CC1)C3. The number of halogens is 1. The van der Waals surface area contributed by atoms with Crippen LogP contribution in [0.3, 0.4) is 0 Å². The third-order valence-corrected chi connectivity index (χ3v) is 13.1. The zero-order valence-electron chi connectivity index (χ0n) is 31.9. The van der Waals surface area contributed by atoms with Gasteiger partial charge in [0.1, 0.15) is 17.8 Å². The molecule has 8 rings (SSSR count). The number of pyridine rings is 1. The van der Waals surface area contributed by atoms with E-state index in [2.05, 4.69) is 51.2 Å². The van der Waals surface area contributed by atoms with E-state index in [0.717, 1.165) is 87.8 Å². The van der Waals surface area contributed by atoms with Gasteiger partial charge in [-0.3, -0.25) is 39.3 Å².